The number of aromatic nitrogens is 1. The van der Waals surface area contributed by atoms with Crippen LogP contribution in [0.25, 0.3) is 0 Å². The Hall–Kier alpha value is -2.07. The van der Waals surface area contributed by atoms with Crippen LogP contribution in [0.15, 0.2) is 23.2 Å². The highest BCUT2D eigenvalue weighted by Gasteiger charge is 2.21. The van der Waals surface area contributed by atoms with Gasteiger partial charge in [0.1, 0.15) is 4.90 Å². The van der Waals surface area contributed by atoms with E-state index in [4.69, 9.17) is 5.11 Å². The minimum atomic E-state index is -3.95. The van der Waals surface area contributed by atoms with E-state index in [1.165, 1.54) is 6.92 Å². The molecule has 0 aromatic carbocycles. The predicted molar refractivity (Wildman–Crippen MR) is 62.9 cm³/mol. The standard InChI is InChI=1S/C9H11N3O6S/c1-6(4-9(13)14)11-19(17,18)7-2-3-8(10-5-7)12(15)16/h2-3,5-6,11H,4H2,1H3,(H,13,14). The Labute approximate surface area is 108 Å². The molecule has 10 heteroatoms. The van der Waals surface area contributed by atoms with E-state index >= 15 is 0 Å². The monoisotopic (exact) mass is 289 g/mol. The molecule has 1 unspecified atom stereocenters. The van der Waals surface area contributed by atoms with Gasteiger partial charge in [0, 0.05) is 12.1 Å². The van der Waals surface area contributed by atoms with E-state index in [-0.39, 0.29) is 11.3 Å². The highest BCUT2D eigenvalue weighted by atomic mass is 32.2. The van der Waals surface area contributed by atoms with Crippen molar-refractivity contribution in [3.8, 4) is 0 Å². The molecule has 1 atom stereocenters. The molecule has 9 nitrogen and oxygen atoms in total. The smallest absolute Gasteiger partial charge is 0.363 e. The molecule has 0 aliphatic heterocycles. The van der Waals surface area contributed by atoms with Gasteiger partial charge >= 0.3 is 11.8 Å². The van der Waals surface area contributed by atoms with E-state index in [0.717, 1.165) is 18.3 Å². The summed E-state index contributed by atoms with van der Waals surface area (Å²) >= 11 is 0. The first kappa shape index (κ1) is 15.0. The number of sulfonamides is 1. The molecule has 1 rings (SSSR count). The predicted octanol–water partition coefficient (Wildman–Crippen LogP) is 0.131. The van der Waals surface area contributed by atoms with Crippen LogP contribution in [0.5, 0.6) is 0 Å². The number of hydrogen-bond donors (Lipinski definition) is 2. The van der Waals surface area contributed by atoms with Crippen molar-refractivity contribution in [2.75, 3.05) is 0 Å². The molecule has 0 fully saturated rings. The summed E-state index contributed by atoms with van der Waals surface area (Å²) < 4.78 is 25.7. The summed E-state index contributed by atoms with van der Waals surface area (Å²) in [7, 11) is -3.95. The Morgan fingerprint density at radius 3 is 2.63 bits per heavy atom. The highest BCUT2D eigenvalue weighted by molar-refractivity contribution is 7.89. The second-order valence-corrected chi connectivity index (χ2v) is 5.44. The summed E-state index contributed by atoms with van der Waals surface area (Å²) in [5.41, 5.74) is 0. The number of nitro groups is 1. The second kappa shape index (κ2) is 5.71. The van der Waals surface area contributed by atoms with Crippen molar-refractivity contribution in [3.63, 3.8) is 0 Å². The molecule has 0 aliphatic carbocycles. The summed E-state index contributed by atoms with van der Waals surface area (Å²) in [6.07, 6.45) is 0.466. The molecule has 19 heavy (non-hydrogen) atoms. The molecular weight excluding hydrogens is 278 g/mol. The molecule has 0 radical (unpaired) electrons. The number of carboxylic acids is 1. The van der Waals surface area contributed by atoms with Gasteiger partial charge in [0.05, 0.1) is 6.42 Å². The number of pyridine rings is 1. The minimum Gasteiger partial charge on any atom is -0.481 e. The molecule has 2 N–H and O–H groups in total. The molecule has 0 saturated carbocycles. The summed E-state index contributed by atoms with van der Waals surface area (Å²) in [6.45, 7) is 1.39. The number of carbonyl (C=O) groups is 1. The Balaban J connectivity index is 2.88. The Morgan fingerprint density at radius 2 is 2.21 bits per heavy atom. The van der Waals surface area contributed by atoms with Crippen molar-refractivity contribution in [2.24, 2.45) is 0 Å². The fourth-order valence-electron chi connectivity index (χ4n) is 1.28. The quantitative estimate of drug-likeness (QED) is 0.560. The maximum Gasteiger partial charge on any atom is 0.363 e. The fraction of sp³-hybridized carbons (Fsp3) is 0.333. The molecule has 1 aromatic heterocycles. The van der Waals surface area contributed by atoms with E-state index in [1.807, 2.05) is 0 Å². The van der Waals surface area contributed by atoms with Crippen LogP contribution >= 0.6 is 0 Å². The Morgan fingerprint density at radius 1 is 1.58 bits per heavy atom. The maximum absolute atomic E-state index is 11.8. The summed E-state index contributed by atoms with van der Waals surface area (Å²) in [4.78, 5) is 23.2. The molecule has 1 aromatic rings. The van der Waals surface area contributed by atoms with Gasteiger partial charge in [-0.1, -0.05) is 0 Å². The molecular formula is C9H11N3O6S. The van der Waals surface area contributed by atoms with Crippen LogP contribution in [0.2, 0.25) is 0 Å². The molecule has 0 spiro atoms. The number of nitrogens with one attached hydrogen (secondary N) is 1. The summed E-state index contributed by atoms with van der Waals surface area (Å²) in [5, 5.41) is 18.9. The van der Waals surface area contributed by atoms with Crippen LogP contribution in [0.4, 0.5) is 5.82 Å². The van der Waals surface area contributed by atoms with Gasteiger partial charge in [-0.15, -0.1) is 0 Å². The van der Waals surface area contributed by atoms with Crippen molar-refractivity contribution in [3.05, 3.63) is 28.4 Å². The van der Waals surface area contributed by atoms with Crippen LogP contribution in [0.1, 0.15) is 13.3 Å². The third kappa shape index (κ3) is 4.26. The lowest BCUT2D eigenvalue weighted by molar-refractivity contribution is -0.389. The first-order valence-electron chi connectivity index (χ1n) is 5.07. The van der Waals surface area contributed by atoms with E-state index in [0.29, 0.717) is 0 Å². The van der Waals surface area contributed by atoms with E-state index < -0.39 is 32.8 Å². The van der Waals surface area contributed by atoms with E-state index in [9.17, 15) is 23.3 Å². The summed E-state index contributed by atoms with van der Waals surface area (Å²) in [5.74, 6) is -1.62. The Kier molecular flexibility index (Phi) is 4.51. The lowest BCUT2D eigenvalue weighted by Crippen LogP contribution is -2.34. The van der Waals surface area contributed by atoms with Crippen LogP contribution in [-0.2, 0) is 14.8 Å². The van der Waals surface area contributed by atoms with Crippen molar-refractivity contribution in [1.82, 2.24) is 9.71 Å². The number of carboxylic acid groups (broad SMARTS) is 1. The van der Waals surface area contributed by atoms with Gasteiger partial charge in [0.2, 0.25) is 10.0 Å². The first-order chi connectivity index (χ1) is 8.72. The second-order valence-electron chi connectivity index (χ2n) is 3.73. The van der Waals surface area contributed by atoms with Crippen molar-refractivity contribution < 1.29 is 23.2 Å². The van der Waals surface area contributed by atoms with Crippen LogP contribution in [0, 0.1) is 10.1 Å². The number of rotatable bonds is 6. The van der Waals surface area contributed by atoms with Crippen molar-refractivity contribution in [2.45, 2.75) is 24.3 Å². The maximum atomic E-state index is 11.8. The van der Waals surface area contributed by atoms with Gasteiger partial charge in [0.15, 0.2) is 6.20 Å². The van der Waals surface area contributed by atoms with Crippen LogP contribution in [-0.4, -0.2) is 35.4 Å². The lowest BCUT2D eigenvalue weighted by Gasteiger charge is -2.11. The van der Waals surface area contributed by atoms with E-state index in [1.54, 1.807) is 0 Å². The highest BCUT2D eigenvalue weighted by Crippen LogP contribution is 2.12. The Bertz CT molecular complexity index is 582. The third-order valence-corrected chi connectivity index (χ3v) is 3.63. The summed E-state index contributed by atoms with van der Waals surface area (Å²) in [6, 6.07) is 1.18. The van der Waals surface area contributed by atoms with Crippen LogP contribution < -0.4 is 4.72 Å². The minimum absolute atomic E-state index is 0.268. The van der Waals surface area contributed by atoms with Gasteiger partial charge in [-0.25, -0.2) is 13.1 Å². The third-order valence-electron chi connectivity index (χ3n) is 2.06. The molecule has 104 valence electrons. The van der Waals surface area contributed by atoms with Gasteiger partial charge in [-0.2, -0.15) is 0 Å². The van der Waals surface area contributed by atoms with Crippen LogP contribution in [0.3, 0.4) is 0 Å². The first-order valence-corrected chi connectivity index (χ1v) is 6.55. The lowest BCUT2D eigenvalue weighted by atomic mass is 10.3. The normalized spacial score (nSPS) is 12.9. The molecule has 0 bridgehead atoms. The molecule has 0 aliphatic rings. The average molecular weight is 289 g/mol. The number of nitrogens with zero attached hydrogens (tertiary/aromatic N) is 2. The van der Waals surface area contributed by atoms with E-state index in [2.05, 4.69) is 9.71 Å². The van der Waals surface area contributed by atoms with Gasteiger partial charge in [0.25, 0.3) is 0 Å². The van der Waals surface area contributed by atoms with Crippen molar-refractivity contribution in [1.29, 1.82) is 0 Å². The largest absolute Gasteiger partial charge is 0.481 e. The SMILES string of the molecule is CC(CC(=O)O)NS(=O)(=O)c1ccc([N+](=O)[O-])nc1. The number of hydrogen-bond acceptors (Lipinski definition) is 6. The average Bonchev–Trinajstić information content (AvgIpc) is 2.27. The molecule has 0 amide bonds. The zero-order valence-electron chi connectivity index (χ0n) is 9.81. The fourth-order valence-corrected chi connectivity index (χ4v) is 2.46. The zero-order chi connectivity index (χ0) is 14.6. The topological polar surface area (TPSA) is 140 Å². The van der Waals surface area contributed by atoms with Gasteiger partial charge < -0.3 is 15.2 Å². The zero-order valence-corrected chi connectivity index (χ0v) is 10.6. The number of aliphatic carboxylic acids is 1. The molecule has 0 saturated heterocycles. The van der Waals surface area contributed by atoms with Crippen molar-refractivity contribution >= 4 is 21.8 Å². The van der Waals surface area contributed by atoms with Gasteiger partial charge in [-0.3, -0.25) is 4.79 Å². The van der Waals surface area contributed by atoms with Gasteiger partial charge in [-0.05, 0) is 22.9 Å². The molecule has 1 heterocycles.